The van der Waals surface area contributed by atoms with Gasteiger partial charge in [0.25, 0.3) is 5.56 Å². The molecule has 0 radical (unpaired) electrons. The van der Waals surface area contributed by atoms with Crippen LogP contribution in [0, 0.1) is 0 Å². The zero-order valence-corrected chi connectivity index (χ0v) is 18.5. The molecule has 6 rings (SSSR count). The monoisotopic (exact) mass is 447 g/mol. The molecular weight excluding hydrogens is 426 g/mol. The fraction of sp³-hybridized carbons (Fsp3) is 0.0741. The van der Waals surface area contributed by atoms with E-state index in [1.54, 1.807) is 13.3 Å². The highest BCUT2D eigenvalue weighted by Crippen LogP contribution is 2.26. The van der Waals surface area contributed by atoms with Gasteiger partial charge in [-0.1, -0.05) is 48.5 Å². The zero-order chi connectivity index (χ0) is 23.1. The molecule has 7 heteroatoms. The number of hydrogen-bond donors (Lipinski definition) is 1. The second-order valence-corrected chi connectivity index (χ2v) is 8.11. The molecule has 3 aromatic heterocycles. The van der Waals surface area contributed by atoms with Crippen LogP contribution in [0.5, 0.6) is 5.75 Å². The first-order chi connectivity index (χ1) is 16.7. The van der Waals surface area contributed by atoms with Gasteiger partial charge in [-0.25, -0.2) is 4.98 Å². The summed E-state index contributed by atoms with van der Waals surface area (Å²) in [6, 6.07) is 24.1. The highest BCUT2D eigenvalue weighted by molar-refractivity contribution is 6.05. The van der Waals surface area contributed by atoms with Gasteiger partial charge in [0.1, 0.15) is 23.1 Å². The van der Waals surface area contributed by atoms with Gasteiger partial charge in [-0.15, -0.1) is 0 Å². The van der Waals surface area contributed by atoms with Crippen LogP contribution in [-0.4, -0.2) is 32.5 Å². The maximum Gasteiger partial charge on any atom is 0.298 e. The highest BCUT2D eigenvalue weighted by Gasteiger charge is 2.12. The van der Waals surface area contributed by atoms with Crippen LogP contribution < -0.4 is 10.3 Å². The fourth-order valence-corrected chi connectivity index (χ4v) is 4.35. The Morgan fingerprint density at radius 3 is 2.71 bits per heavy atom. The molecule has 0 atom stereocenters. The van der Waals surface area contributed by atoms with E-state index in [1.807, 2.05) is 48.5 Å². The van der Waals surface area contributed by atoms with Crippen LogP contribution >= 0.6 is 0 Å². The lowest BCUT2D eigenvalue weighted by atomic mass is 10.2. The van der Waals surface area contributed by atoms with E-state index >= 15 is 0 Å². The third-order valence-corrected chi connectivity index (χ3v) is 6.03. The van der Waals surface area contributed by atoms with E-state index in [2.05, 4.69) is 50.1 Å². The first kappa shape index (κ1) is 20.0. The molecule has 6 aromatic rings. The van der Waals surface area contributed by atoms with Crippen molar-refractivity contribution in [2.24, 2.45) is 5.10 Å². The number of H-pyrrole nitrogens is 1. The number of fused-ring (bicyclic) bond motifs is 4. The summed E-state index contributed by atoms with van der Waals surface area (Å²) in [5.74, 6) is 0.712. The lowest BCUT2D eigenvalue weighted by Gasteiger charge is -2.05. The lowest BCUT2D eigenvalue weighted by Crippen LogP contribution is -2.17. The van der Waals surface area contributed by atoms with Crippen LogP contribution in [0.2, 0.25) is 0 Å². The van der Waals surface area contributed by atoms with Crippen LogP contribution in [0.3, 0.4) is 0 Å². The minimum atomic E-state index is -0.260. The number of ether oxygens (including phenoxy) is 1. The van der Waals surface area contributed by atoms with Gasteiger partial charge >= 0.3 is 0 Å². The molecule has 0 saturated carbocycles. The molecule has 3 heterocycles. The summed E-state index contributed by atoms with van der Waals surface area (Å²) in [7, 11) is 1.61. The minimum Gasteiger partial charge on any atom is -0.497 e. The molecule has 0 fully saturated rings. The van der Waals surface area contributed by atoms with E-state index < -0.39 is 0 Å². The van der Waals surface area contributed by atoms with Crippen molar-refractivity contribution in [3.63, 3.8) is 0 Å². The summed E-state index contributed by atoms with van der Waals surface area (Å²) in [6.07, 6.45) is 5.23. The number of aromatic amines is 1. The molecule has 0 saturated heterocycles. The summed E-state index contributed by atoms with van der Waals surface area (Å²) in [4.78, 5) is 20.8. The number of nitrogens with zero attached hydrogens (tertiary/aromatic N) is 4. The normalized spacial score (nSPS) is 11.8. The zero-order valence-electron chi connectivity index (χ0n) is 18.5. The largest absolute Gasteiger partial charge is 0.497 e. The highest BCUT2D eigenvalue weighted by atomic mass is 16.5. The molecule has 3 aromatic carbocycles. The fourth-order valence-electron chi connectivity index (χ4n) is 4.35. The van der Waals surface area contributed by atoms with E-state index in [-0.39, 0.29) is 5.56 Å². The number of para-hydroxylation sites is 1. The van der Waals surface area contributed by atoms with Gasteiger partial charge in [-0.2, -0.15) is 9.78 Å². The Bertz CT molecular complexity index is 1740. The summed E-state index contributed by atoms with van der Waals surface area (Å²) in [6.45, 7) is 0.751. The summed E-state index contributed by atoms with van der Waals surface area (Å²) in [5.41, 5.74) is 4.83. The number of hydrogen-bond acceptors (Lipinski definition) is 4. The number of benzene rings is 3. The summed E-state index contributed by atoms with van der Waals surface area (Å²) < 4.78 is 8.76. The number of aromatic nitrogens is 4. The smallest absolute Gasteiger partial charge is 0.298 e. The van der Waals surface area contributed by atoms with Crippen molar-refractivity contribution in [1.82, 2.24) is 19.2 Å². The van der Waals surface area contributed by atoms with Gasteiger partial charge in [0, 0.05) is 40.1 Å². The third-order valence-electron chi connectivity index (χ3n) is 6.03. The second-order valence-electron chi connectivity index (χ2n) is 8.11. The van der Waals surface area contributed by atoms with E-state index in [0.29, 0.717) is 16.8 Å². The van der Waals surface area contributed by atoms with Crippen LogP contribution in [0.15, 0.2) is 95.2 Å². The quantitative estimate of drug-likeness (QED) is 0.387. The molecule has 0 aliphatic carbocycles. The molecule has 0 bridgehead atoms. The maximum absolute atomic E-state index is 13.1. The average Bonchev–Trinajstić information content (AvgIpc) is 3.43. The van der Waals surface area contributed by atoms with Crippen molar-refractivity contribution in [3.05, 3.63) is 107 Å². The topological polar surface area (TPSA) is 77.2 Å². The Balaban J connectivity index is 1.41. The molecule has 7 nitrogen and oxygen atoms in total. The van der Waals surface area contributed by atoms with Crippen molar-refractivity contribution in [2.45, 2.75) is 6.54 Å². The summed E-state index contributed by atoms with van der Waals surface area (Å²) in [5, 5.41) is 6.37. The SMILES string of the molecule is COc1ccc2[nH]c3c(=O)n(/N=C\c4cn(Cc5ccccc5)c5ccccc45)cnc3c2c1. The standard InChI is InChI=1S/C27H21N5O2/c1-34-20-11-12-23-22(13-20)25-26(30-23)27(33)32(17-28-25)29-14-19-16-31(15-18-7-3-2-4-8-18)24-10-6-5-9-21(19)24/h2-14,16-17,30H,15H2,1H3/b29-14-. The van der Waals surface area contributed by atoms with Crippen molar-refractivity contribution in [3.8, 4) is 5.75 Å². The van der Waals surface area contributed by atoms with E-state index in [4.69, 9.17) is 4.74 Å². The molecule has 1 N–H and O–H groups in total. The number of nitrogens with one attached hydrogen (secondary N) is 1. The molecule has 166 valence electrons. The lowest BCUT2D eigenvalue weighted by molar-refractivity contribution is 0.415. The van der Waals surface area contributed by atoms with Crippen molar-refractivity contribution in [2.75, 3.05) is 7.11 Å². The third kappa shape index (κ3) is 3.34. The van der Waals surface area contributed by atoms with Crippen LogP contribution in [0.25, 0.3) is 32.8 Å². The predicted octanol–water partition coefficient (Wildman–Crippen LogP) is 4.77. The average molecular weight is 447 g/mol. The van der Waals surface area contributed by atoms with Crippen LogP contribution in [0.1, 0.15) is 11.1 Å². The Kier molecular flexibility index (Phi) is 4.73. The minimum absolute atomic E-state index is 0.260. The molecule has 0 spiro atoms. The van der Waals surface area contributed by atoms with E-state index in [0.717, 1.165) is 33.9 Å². The Labute approximate surface area is 194 Å². The van der Waals surface area contributed by atoms with E-state index in [9.17, 15) is 4.79 Å². The Morgan fingerprint density at radius 1 is 1.03 bits per heavy atom. The van der Waals surface area contributed by atoms with Gasteiger partial charge in [-0.05, 0) is 29.8 Å². The molecule has 0 amide bonds. The Morgan fingerprint density at radius 2 is 1.85 bits per heavy atom. The van der Waals surface area contributed by atoms with Crippen molar-refractivity contribution in [1.29, 1.82) is 0 Å². The van der Waals surface area contributed by atoms with Gasteiger partial charge < -0.3 is 14.3 Å². The van der Waals surface area contributed by atoms with Gasteiger partial charge in [0.2, 0.25) is 0 Å². The van der Waals surface area contributed by atoms with Gasteiger partial charge in [0.15, 0.2) is 0 Å². The van der Waals surface area contributed by atoms with Crippen molar-refractivity contribution < 1.29 is 4.74 Å². The predicted molar refractivity (Wildman–Crippen MR) is 135 cm³/mol. The molecule has 0 aliphatic heterocycles. The van der Waals surface area contributed by atoms with Gasteiger partial charge in [-0.3, -0.25) is 4.79 Å². The van der Waals surface area contributed by atoms with Crippen LogP contribution in [-0.2, 0) is 6.54 Å². The first-order valence-electron chi connectivity index (χ1n) is 10.9. The number of methoxy groups -OCH3 is 1. The second kappa shape index (κ2) is 8.04. The van der Waals surface area contributed by atoms with E-state index in [1.165, 1.54) is 16.6 Å². The summed E-state index contributed by atoms with van der Waals surface area (Å²) >= 11 is 0. The molecule has 34 heavy (non-hydrogen) atoms. The molecular formula is C27H21N5O2. The maximum atomic E-state index is 13.1. The van der Waals surface area contributed by atoms with Crippen LogP contribution in [0.4, 0.5) is 0 Å². The Hall–Kier alpha value is -4.65. The van der Waals surface area contributed by atoms with Crippen molar-refractivity contribution >= 4 is 39.1 Å². The molecule has 0 unspecified atom stereocenters. The first-order valence-corrected chi connectivity index (χ1v) is 10.9. The molecule has 0 aliphatic rings. The van der Waals surface area contributed by atoms with Gasteiger partial charge in [0.05, 0.1) is 13.3 Å². The number of rotatable bonds is 5.